The molecule has 1 heterocycles. The highest BCUT2D eigenvalue weighted by Crippen LogP contribution is 2.18. The quantitative estimate of drug-likeness (QED) is 0.679. The normalized spacial score (nSPS) is 13.0. The number of aliphatic hydroxyl groups is 1. The van der Waals surface area contributed by atoms with Gasteiger partial charge in [0.15, 0.2) is 0 Å². The third-order valence-corrected chi connectivity index (χ3v) is 1.92. The van der Waals surface area contributed by atoms with E-state index in [-0.39, 0.29) is 6.61 Å². The average molecular weight is 187 g/mol. The molecule has 12 heavy (non-hydrogen) atoms. The van der Waals surface area contributed by atoms with Crippen LogP contribution in [0.15, 0.2) is 12.1 Å². The number of nitrogens with two attached hydrogens (primary N) is 1. The molecule has 0 spiro atoms. The van der Waals surface area contributed by atoms with Crippen LogP contribution in [0.2, 0.25) is 5.15 Å². The molecule has 0 aliphatic rings. The van der Waals surface area contributed by atoms with E-state index in [9.17, 15) is 0 Å². The lowest BCUT2D eigenvalue weighted by atomic mass is 10.1. The molecule has 0 saturated heterocycles. The second-order valence-electron chi connectivity index (χ2n) is 2.62. The molecule has 0 saturated carbocycles. The molecule has 66 valence electrons. The summed E-state index contributed by atoms with van der Waals surface area (Å²) in [6.07, 6.45) is 0. The van der Waals surface area contributed by atoms with Crippen molar-refractivity contribution in [2.45, 2.75) is 13.0 Å². The van der Waals surface area contributed by atoms with E-state index in [0.717, 1.165) is 5.69 Å². The third-order valence-electron chi connectivity index (χ3n) is 1.61. The van der Waals surface area contributed by atoms with Crippen molar-refractivity contribution in [1.29, 1.82) is 0 Å². The molecule has 1 aromatic rings. The van der Waals surface area contributed by atoms with Crippen molar-refractivity contribution < 1.29 is 5.11 Å². The second kappa shape index (κ2) is 3.85. The summed E-state index contributed by atoms with van der Waals surface area (Å²) in [4.78, 5) is 4.02. The van der Waals surface area contributed by atoms with Gasteiger partial charge in [0.25, 0.3) is 0 Å². The molecule has 1 rings (SSSR count). The van der Waals surface area contributed by atoms with Gasteiger partial charge in [0, 0.05) is 11.3 Å². The Morgan fingerprint density at radius 2 is 2.33 bits per heavy atom. The lowest BCUT2D eigenvalue weighted by molar-refractivity contribution is 0.268. The van der Waals surface area contributed by atoms with Crippen molar-refractivity contribution in [3.63, 3.8) is 0 Å². The zero-order chi connectivity index (χ0) is 9.14. The predicted octanol–water partition coefficient (Wildman–Crippen LogP) is 1.04. The van der Waals surface area contributed by atoms with Crippen molar-refractivity contribution in [3.8, 4) is 0 Å². The maximum Gasteiger partial charge on any atom is 0.134 e. The summed E-state index contributed by atoms with van der Waals surface area (Å²) in [6, 6.07) is 3.16. The first-order chi connectivity index (χ1) is 5.65. The molecule has 0 radical (unpaired) electrons. The van der Waals surface area contributed by atoms with Crippen molar-refractivity contribution in [1.82, 2.24) is 4.98 Å². The number of hydrogen-bond acceptors (Lipinski definition) is 3. The van der Waals surface area contributed by atoms with Gasteiger partial charge in [0.05, 0.1) is 12.6 Å². The molecule has 1 unspecified atom stereocenters. The van der Waals surface area contributed by atoms with Gasteiger partial charge in [-0.05, 0) is 13.0 Å². The maximum atomic E-state index is 8.77. The molecule has 0 aromatic carbocycles. The van der Waals surface area contributed by atoms with Crippen LogP contribution >= 0.6 is 11.6 Å². The molecule has 0 bridgehead atoms. The third kappa shape index (κ3) is 1.94. The SMILES string of the molecule is Cc1ccc(C(N)CO)c(Cl)n1. The number of halogens is 1. The van der Waals surface area contributed by atoms with Crippen molar-refractivity contribution >= 4 is 11.6 Å². The number of aromatic nitrogens is 1. The Labute approximate surface area is 76.2 Å². The van der Waals surface area contributed by atoms with Crippen LogP contribution in [0.4, 0.5) is 0 Å². The topological polar surface area (TPSA) is 59.1 Å². The minimum absolute atomic E-state index is 0.121. The van der Waals surface area contributed by atoms with Gasteiger partial charge < -0.3 is 10.8 Å². The van der Waals surface area contributed by atoms with Crippen LogP contribution in [0.25, 0.3) is 0 Å². The van der Waals surface area contributed by atoms with Crippen molar-refractivity contribution in [2.24, 2.45) is 5.73 Å². The van der Waals surface area contributed by atoms with E-state index >= 15 is 0 Å². The van der Waals surface area contributed by atoms with Gasteiger partial charge in [-0.1, -0.05) is 17.7 Å². The van der Waals surface area contributed by atoms with Gasteiger partial charge in [-0.3, -0.25) is 0 Å². The van der Waals surface area contributed by atoms with Gasteiger partial charge in [-0.2, -0.15) is 0 Å². The second-order valence-corrected chi connectivity index (χ2v) is 2.98. The van der Waals surface area contributed by atoms with Crippen LogP contribution in [-0.4, -0.2) is 16.7 Å². The number of nitrogens with zero attached hydrogens (tertiary/aromatic N) is 1. The Balaban J connectivity index is 3.01. The number of aliphatic hydroxyl groups excluding tert-OH is 1. The van der Waals surface area contributed by atoms with Crippen LogP contribution in [0.3, 0.4) is 0 Å². The molecular weight excluding hydrogens is 176 g/mol. The predicted molar refractivity (Wildman–Crippen MR) is 48.0 cm³/mol. The number of aryl methyl sites for hydroxylation is 1. The van der Waals surface area contributed by atoms with Crippen LogP contribution in [-0.2, 0) is 0 Å². The van der Waals surface area contributed by atoms with Gasteiger partial charge >= 0.3 is 0 Å². The van der Waals surface area contributed by atoms with E-state index in [0.29, 0.717) is 10.7 Å². The summed E-state index contributed by atoms with van der Waals surface area (Å²) < 4.78 is 0. The summed E-state index contributed by atoms with van der Waals surface area (Å²) in [5.74, 6) is 0. The molecule has 0 fully saturated rings. The fourth-order valence-corrected chi connectivity index (χ4v) is 1.25. The summed E-state index contributed by atoms with van der Waals surface area (Å²) in [5.41, 5.74) is 7.10. The van der Waals surface area contributed by atoms with E-state index < -0.39 is 6.04 Å². The van der Waals surface area contributed by atoms with Crippen LogP contribution in [0.5, 0.6) is 0 Å². The molecule has 4 heteroatoms. The summed E-state index contributed by atoms with van der Waals surface area (Å²) in [7, 11) is 0. The summed E-state index contributed by atoms with van der Waals surface area (Å²) in [5, 5.41) is 9.14. The van der Waals surface area contributed by atoms with Gasteiger partial charge in [-0.15, -0.1) is 0 Å². The van der Waals surface area contributed by atoms with Crippen LogP contribution in [0.1, 0.15) is 17.3 Å². The summed E-state index contributed by atoms with van der Waals surface area (Å²) in [6.45, 7) is 1.73. The van der Waals surface area contributed by atoms with Crippen molar-refractivity contribution in [2.75, 3.05) is 6.61 Å². The fraction of sp³-hybridized carbons (Fsp3) is 0.375. The van der Waals surface area contributed by atoms with E-state index in [2.05, 4.69) is 4.98 Å². The highest BCUT2D eigenvalue weighted by atomic mass is 35.5. The number of hydrogen-bond donors (Lipinski definition) is 2. The maximum absolute atomic E-state index is 8.77. The van der Waals surface area contributed by atoms with Gasteiger partial charge in [0.2, 0.25) is 0 Å². The largest absolute Gasteiger partial charge is 0.394 e. The van der Waals surface area contributed by atoms with Crippen molar-refractivity contribution in [3.05, 3.63) is 28.5 Å². The first-order valence-corrected chi connectivity index (χ1v) is 4.02. The zero-order valence-corrected chi connectivity index (χ0v) is 7.54. The van der Waals surface area contributed by atoms with Crippen LogP contribution < -0.4 is 5.73 Å². The monoisotopic (exact) mass is 186 g/mol. The van der Waals surface area contributed by atoms with Crippen LogP contribution in [0, 0.1) is 6.92 Å². The summed E-state index contributed by atoms with van der Waals surface area (Å²) >= 11 is 5.80. The lowest BCUT2D eigenvalue weighted by Crippen LogP contribution is -2.15. The minimum Gasteiger partial charge on any atom is -0.394 e. The average Bonchev–Trinajstić information content (AvgIpc) is 2.03. The van der Waals surface area contributed by atoms with Gasteiger partial charge in [0.1, 0.15) is 5.15 Å². The molecule has 1 atom stereocenters. The highest BCUT2D eigenvalue weighted by Gasteiger charge is 2.09. The first-order valence-electron chi connectivity index (χ1n) is 3.64. The molecule has 0 aliphatic carbocycles. The Hall–Kier alpha value is -0.640. The standard InChI is InChI=1S/C8H11ClN2O/c1-5-2-3-6(7(10)4-12)8(9)11-5/h2-3,7,12H,4,10H2,1H3. The highest BCUT2D eigenvalue weighted by molar-refractivity contribution is 6.30. The Kier molecular flexibility index (Phi) is 3.03. The van der Waals surface area contributed by atoms with E-state index in [1.165, 1.54) is 0 Å². The first kappa shape index (κ1) is 9.45. The number of rotatable bonds is 2. The van der Waals surface area contributed by atoms with E-state index in [1.54, 1.807) is 6.07 Å². The fourth-order valence-electron chi connectivity index (χ4n) is 0.911. The molecule has 3 nitrogen and oxygen atoms in total. The van der Waals surface area contributed by atoms with E-state index in [1.807, 2.05) is 13.0 Å². The molecule has 0 amide bonds. The molecule has 1 aromatic heterocycles. The van der Waals surface area contributed by atoms with Gasteiger partial charge in [-0.25, -0.2) is 4.98 Å². The number of pyridine rings is 1. The smallest absolute Gasteiger partial charge is 0.134 e. The minimum atomic E-state index is -0.439. The lowest BCUT2D eigenvalue weighted by Gasteiger charge is -2.09. The zero-order valence-electron chi connectivity index (χ0n) is 6.79. The Morgan fingerprint density at radius 3 is 2.83 bits per heavy atom. The molecule has 3 N–H and O–H groups in total. The Bertz CT molecular complexity index is 278. The molecule has 0 aliphatic heterocycles. The van der Waals surface area contributed by atoms with E-state index in [4.69, 9.17) is 22.4 Å². The molecular formula is C8H11ClN2O. The Morgan fingerprint density at radius 1 is 1.67 bits per heavy atom.